The van der Waals surface area contributed by atoms with Crippen LogP contribution in [0.2, 0.25) is 0 Å². The number of hydrogen-bond donors (Lipinski definition) is 2. The fourth-order valence-corrected chi connectivity index (χ4v) is 1.89. The summed E-state index contributed by atoms with van der Waals surface area (Å²) in [7, 11) is 0. The number of halogens is 1. The number of nitrogens with one attached hydrogen (secondary N) is 1. The molecule has 18 heavy (non-hydrogen) atoms. The summed E-state index contributed by atoms with van der Waals surface area (Å²) in [6, 6.07) is 1.85. The highest BCUT2D eigenvalue weighted by molar-refractivity contribution is 9.10. The van der Waals surface area contributed by atoms with Gasteiger partial charge in [-0.2, -0.15) is 0 Å². The summed E-state index contributed by atoms with van der Waals surface area (Å²) in [5.41, 5.74) is -1.31. The predicted molar refractivity (Wildman–Crippen MR) is 75.7 cm³/mol. The van der Waals surface area contributed by atoms with E-state index in [0.29, 0.717) is 5.92 Å². The molecule has 1 saturated carbocycles. The zero-order valence-corrected chi connectivity index (χ0v) is 12.9. The van der Waals surface area contributed by atoms with Crippen LogP contribution < -0.4 is 5.32 Å². The molecular weight excluding hydrogens is 294 g/mol. The van der Waals surface area contributed by atoms with Gasteiger partial charge in [-0.05, 0) is 56.5 Å². The van der Waals surface area contributed by atoms with E-state index in [4.69, 9.17) is 0 Å². The molecule has 4 nitrogen and oxygen atoms in total. The molecule has 0 unspecified atom stereocenters. The third-order valence-electron chi connectivity index (χ3n) is 3.62. The van der Waals surface area contributed by atoms with Crippen LogP contribution in [0.1, 0.15) is 52.3 Å². The van der Waals surface area contributed by atoms with E-state index in [2.05, 4.69) is 31.2 Å². The van der Waals surface area contributed by atoms with Crippen LogP contribution >= 0.6 is 15.9 Å². The standard InChI is InChI=1S/C13H20BrN3O/c1-12(2,13(3,4)18)17-10-7-9(14)15-11(16-10)8-5-6-8/h7-8,18H,5-6H2,1-4H3,(H,15,16,17). The van der Waals surface area contributed by atoms with Crippen molar-refractivity contribution in [3.05, 3.63) is 16.5 Å². The average molecular weight is 314 g/mol. The highest BCUT2D eigenvalue weighted by Gasteiger charge is 2.35. The summed E-state index contributed by atoms with van der Waals surface area (Å²) in [4.78, 5) is 8.92. The Balaban J connectivity index is 2.23. The molecule has 1 aliphatic carbocycles. The molecule has 1 heterocycles. The second kappa shape index (κ2) is 4.46. The number of aromatic nitrogens is 2. The van der Waals surface area contributed by atoms with Gasteiger partial charge >= 0.3 is 0 Å². The third kappa shape index (κ3) is 3.01. The van der Waals surface area contributed by atoms with Crippen LogP contribution in [0.25, 0.3) is 0 Å². The molecule has 1 aliphatic rings. The monoisotopic (exact) mass is 313 g/mol. The number of anilines is 1. The number of rotatable bonds is 4. The van der Waals surface area contributed by atoms with Gasteiger partial charge in [0, 0.05) is 12.0 Å². The molecule has 0 saturated heterocycles. The van der Waals surface area contributed by atoms with E-state index in [1.807, 2.05) is 19.9 Å². The van der Waals surface area contributed by atoms with Crippen LogP contribution in [-0.4, -0.2) is 26.2 Å². The van der Waals surface area contributed by atoms with Crippen molar-refractivity contribution in [3.63, 3.8) is 0 Å². The fourth-order valence-electron chi connectivity index (χ4n) is 1.50. The van der Waals surface area contributed by atoms with Gasteiger partial charge in [0.15, 0.2) is 0 Å². The first-order valence-electron chi connectivity index (χ1n) is 6.24. The van der Waals surface area contributed by atoms with Crippen LogP contribution in [0.3, 0.4) is 0 Å². The Labute approximate surface area is 116 Å². The molecule has 0 amide bonds. The molecule has 0 aliphatic heterocycles. The molecule has 0 aromatic carbocycles. The Kier molecular flexibility index (Phi) is 3.40. The highest BCUT2D eigenvalue weighted by Crippen LogP contribution is 2.39. The van der Waals surface area contributed by atoms with Crippen LogP contribution in [-0.2, 0) is 0 Å². The zero-order valence-electron chi connectivity index (χ0n) is 11.3. The molecular formula is C13H20BrN3O. The summed E-state index contributed by atoms with van der Waals surface area (Å²) < 4.78 is 0.786. The molecule has 2 N–H and O–H groups in total. The average Bonchev–Trinajstić information content (AvgIpc) is 2.96. The van der Waals surface area contributed by atoms with E-state index >= 15 is 0 Å². The first-order valence-corrected chi connectivity index (χ1v) is 7.03. The first kappa shape index (κ1) is 13.7. The highest BCUT2D eigenvalue weighted by atomic mass is 79.9. The van der Waals surface area contributed by atoms with Crippen LogP contribution in [0.15, 0.2) is 10.7 Å². The van der Waals surface area contributed by atoms with E-state index in [0.717, 1.165) is 16.2 Å². The topological polar surface area (TPSA) is 58.0 Å². The van der Waals surface area contributed by atoms with Crippen molar-refractivity contribution < 1.29 is 5.11 Å². The Bertz CT molecular complexity index is 450. The van der Waals surface area contributed by atoms with Crippen molar-refractivity contribution in [1.82, 2.24) is 9.97 Å². The van der Waals surface area contributed by atoms with E-state index < -0.39 is 11.1 Å². The smallest absolute Gasteiger partial charge is 0.135 e. The normalized spacial score (nSPS) is 16.8. The maximum Gasteiger partial charge on any atom is 0.135 e. The van der Waals surface area contributed by atoms with Crippen molar-refractivity contribution in [2.75, 3.05) is 5.32 Å². The largest absolute Gasteiger partial charge is 0.388 e. The van der Waals surface area contributed by atoms with E-state index in [9.17, 15) is 5.11 Å². The van der Waals surface area contributed by atoms with E-state index in [-0.39, 0.29) is 0 Å². The summed E-state index contributed by atoms with van der Waals surface area (Å²) in [6.07, 6.45) is 2.34. The second-order valence-electron chi connectivity index (χ2n) is 6.02. The molecule has 1 aromatic heterocycles. The lowest BCUT2D eigenvalue weighted by Gasteiger charge is -2.38. The van der Waals surface area contributed by atoms with Gasteiger partial charge in [-0.1, -0.05) is 0 Å². The predicted octanol–water partition coefficient (Wildman–Crippen LogP) is 3.08. The van der Waals surface area contributed by atoms with Crippen LogP contribution in [0.5, 0.6) is 0 Å². The lowest BCUT2D eigenvalue weighted by atomic mass is 9.86. The molecule has 1 aromatic rings. The number of nitrogens with zero attached hydrogens (tertiary/aromatic N) is 2. The first-order chi connectivity index (χ1) is 8.19. The second-order valence-corrected chi connectivity index (χ2v) is 6.83. The molecule has 2 rings (SSSR count). The number of hydrogen-bond acceptors (Lipinski definition) is 4. The Morgan fingerprint density at radius 3 is 2.39 bits per heavy atom. The van der Waals surface area contributed by atoms with Gasteiger partial charge in [0.2, 0.25) is 0 Å². The quantitative estimate of drug-likeness (QED) is 0.839. The molecule has 100 valence electrons. The molecule has 5 heteroatoms. The van der Waals surface area contributed by atoms with Crippen molar-refractivity contribution in [1.29, 1.82) is 0 Å². The van der Waals surface area contributed by atoms with Gasteiger partial charge in [0.05, 0.1) is 11.1 Å². The van der Waals surface area contributed by atoms with Crippen molar-refractivity contribution in [2.24, 2.45) is 0 Å². The maximum atomic E-state index is 10.1. The minimum Gasteiger partial charge on any atom is -0.388 e. The van der Waals surface area contributed by atoms with Gasteiger partial charge in [-0.25, -0.2) is 9.97 Å². The van der Waals surface area contributed by atoms with Crippen molar-refractivity contribution >= 4 is 21.7 Å². The minimum absolute atomic E-state index is 0.471. The Hall–Kier alpha value is -0.680. The van der Waals surface area contributed by atoms with Gasteiger partial charge in [0.25, 0.3) is 0 Å². The van der Waals surface area contributed by atoms with Gasteiger partial charge < -0.3 is 10.4 Å². The van der Waals surface area contributed by atoms with Gasteiger partial charge in [-0.15, -0.1) is 0 Å². The van der Waals surface area contributed by atoms with Gasteiger partial charge in [-0.3, -0.25) is 0 Å². The number of aliphatic hydroxyl groups is 1. The van der Waals surface area contributed by atoms with E-state index in [1.165, 1.54) is 12.8 Å². The van der Waals surface area contributed by atoms with Crippen LogP contribution in [0, 0.1) is 0 Å². The molecule has 0 atom stereocenters. The lowest BCUT2D eigenvalue weighted by molar-refractivity contribution is 0.0238. The molecule has 0 spiro atoms. The SMILES string of the molecule is CC(C)(O)C(C)(C)Nc1cc(Br)nc(C2CC2)n1. The van der Waals surface area contributed by atoms with Crippen molar-refractivity contribution in [2.45, 2.75) is 57.6 Å². The molecule has 0 radical (unpaired) electrons. The Morgan fingerprint density at radius 1 is 1.28 bits per heavy atom. The Morgan fingerprint density at radius 2 is 1.89 bits per heavy atom. The molecule has 0 bridgehead atoms. The fraction of sp³-hybridized carbons (Fsp3) is 0.692. The summed E-state index contributed by atoms with van der Waals surface area (Å²) >= 11 is 3.41. The zero-order chi connectivity index (χ0) is 13.6. The minimum atomic E-state index is -0.843. The molecule has 1 fully saturated rings. The summed E-state index contributed by atoms with van der Waals surface area (Å²) in [5, 5.41) is 13.4. The summed E-state index contributed by atoms with van der Waals surface area (Å²) in [5.74, 6) is 2.15. The maximum absolute atomic E-state index is 10.1. The third-order valence-corrected chi connectivity index (χ3v) is 4.03. The van der Waals surface area contributed by atoms with Crippen LogP contribution in [0.4, 0.5) is 5.82 Å². The lowest BCUT2D eigenvalue weighted by Crippen LogP contribution is -2.51. The summed E-state index contributed by atoms with van der Waals surface area (Å²) in [6.45, 7) is 7.50. The van der Waals surface area contributed by atoms with Crippen molar-refractivity contribution in [3.8, 4) is 0 Å². The van der Waals surface area contributed by atoms with Gasteiger partial charge in [0.1, 0.15) is 16.2 Å². The van der Waals surface area contributed by atoms with E-state index in [1.54, 1.807) is 13.8 Å².